The smallest absolute Gasteiger partial charge is 0.746 e. The average molecular weight is 416 g/mol. The normalized spacial score (nSPS) is 17.5. The van der Waals surface area contributed by atoms with Gasteiger partial charge in [-0.05, 0) is 31.2 Å². The van der Waals surface area contributed by atoms with Crippen molar-refractivity contribution < 1.29 is 70.0 Å². The number of carbonyl (C=O) groups excluding carboxylic acids is 2. The second-order valence-corrected chi connectivity index (χ2v) is 6.69. The molecule has 8 nitrogen and oxygen atoms in total. The molecule has 142 valence electrons. The van der Waals surface area contributed by atoms with Crippen LogP contribution in [0.1, 0.15) is 17.3 Å². The minimum absolute atomic E-state index is 0. The van der Waals surface area contributed by atoms with Gasteiger partial charge in [0.1, 0.15) is 15.9 Å². The van der Waals surface area contributed by atoms with Crippen LogP contribution in [0.4, 0.5) is 18.0 Å². The fourth-order valence-electron chi connectivity index (χ4n) is 2.04. The van der Waals surface area contributed by atoms with Crippen molar-refractivity contribution in [2.75, 3.05) is 6.73 Å². The molecule has 0 saturated carbocycles. The average Bonchev–Trinajstić information content (AvgIpc) is 2.51. The number of ether oxygens (including phenoxy) is 1. The summed E-state index contributed by atoms with van der Waals surface area (Å²) in [5.74, 6) is -0.0436. The Bertz CT molecular complexity index is 855. The monoisotopic (exact) mass is 416 g/mol. The van der Waals surface area contributed by atoms with Crippen molar-refractivity contribution in [3.8, 4) is 5.75 Å². The van der Waals surface area contributed by atoms with Crippen LogP contribution in [0, 0.1) is 0 Å². The van der Waals surface area contributed by atoms with Crippen molar-refractivity contribution in [3.05, 3.63) is 41.6 Å². The van der Waals surface area contributed by atoms with Gasteiger partial charge >= 0.3 is 41.8 Å². The molecule has 27 heavy (non-hydrogen) atoms. The zero-order valence-corrected chi connectivity index (χ0v) is 16.9. The van der Waals surface area contributed by atoms with Crippen molar-refractivity contribution >= 4 is 21.9 Å². The standard InChI is InChI=1S/C14H13F3N2O6S.Na/c1-8(20)9-2-4-10(5-3-9)25-7-19-6-11(14(15,16)17)12(18-13(19)21)26(22,23)24;/h2-6,12H,7H2,1H3,(H,18,21)(H,22,23,24);/q;+1/p-1. The molecule has 1 unspecified atom stereocenters. The summed E-state index contributed by atoms with van der Waals surface area (Å²) < 4.78 is 77.0. The number of ketones is 1. The summed E-state index contributed by atoms with van der Waals surface area (Å²) in [7, 11) is -5.46. The molecule has 1 atom stereocenters. The van der Waals surface area contributed by atoms with E-state index >= 15 is 0 Å². The number of rotatable bonds is 5. The molecule has 0 aliphatic carbocycles. The number of alkyl halides is 3. The van der Waals surface area contributed by atoms with E-state index < -0.39 is 40.0 Å². The number of urea groups is 1. The number of amides is 2. The molecule has 1 aromatic rings. The number of hydrogen-bond donors (Lipinski definition) is 1. The fourth-order valence-corrected chi connectivity index (χ4v) is 2.79. The maximum Gasteiger partial charge on any atom is 1.00 e. The Balaban J connectivity index is 0.00000364. The van der Waals surface area contributed by atoms with Crippen molar-refractivity contribution in [1.82, 2.24) is 10.2 Å². The molecule has 1 aliphatic heterocycles. The first-order valence-corrected chi connectivity index (χ1v) is 8.41. The molecule has 1 heterocycles. The molecule has 0 spiro atoms. The summed E-state index contributed by atoms with van der Waals surface area (Å²) in [6.07, 6.45) is -4.94. The second kappa shape index (κ2) is 8.61. The van der Waals surface area contributed by atoms with E-state index in [1.165, 1.54) is 36.5 Å². The first-order chi connectivity index (χ1) is 11.9. The maximum atomic E-state index is 13.0. The Hall–Kier alpha value is -1.60. The van der Waals surface area contributed by atoms with E-state index in [0.717, 1.165) is 0 Å². The summed E-state index contributed by atoms with van der Waals surface area (Å²) >= 11 is 0. The predicted octanol–water partition coefficient (Wildman–Crippen LogP) is -1.43. The summed E-state index contributed by atoms with van der Waals surface area (Å²) in [6, 6.07) is 4.34. The zero-order chi connectivity index (χ0) is 19.7. The third-order valence-electron chi connectivity index (χ3n) is 3.34. The molecule has 2 amide bonds. The largest absolute Gasteiger partial charge is 1.00 e. The van der Waals surface area contributed by atoms with Crippen LogP contribution in [0.25, 0.3) is 0 Å². The number of Topliss-reactive ketones (excluding diaryl/α,β-unsaturated/α-hetero) is 1. The van der Waals surface area contributed by atoms with E-state index in [2.05, 4.69) is 0 Å². The second-order valence-electron chi connectivity index (χ2n) is 5.23. The first kappa shape index (κ1) is 23.4. The fraction of sp³-hybridized carbons (Fsp3) is 0.286. The van der Waals surface area contributed by atoms with Gasteiger partial charge in [-0.15, -0.1) is 0 Å². The third kappa shape index (κ3) is 5.94. The molecule has 0 saturated heterocycles. The van der Waals surface area contributed by atoms with Gasteiger partial charge in [-0.3, -0.25) is 9.69 Å². The van der Waals surface area contributed by atoms with Crippen LogP contribution in [-0.4, -0.2) is 48.0 Å². The number of nitrogens with one attached hydrogen (secondary N) is 1. The molecule has 13 heteroatoms. The van der Waals surface area contributed by atoms with Crippen LogP contribution in [0.3, 0.4) is 0 Å². The molecule has 1 N–H and O–H groups in total. The molecule has 1 aromatic carbocycles. The van der Waals surface area contributed by atoms with Crippen LogP contribution in [0.5, 0.6) is 5.75 Å². The number of halogens is 3. The summed E-state index contributed by atoms with van der Waals surface area (Å²) in [4.78, 5) is 23.4. The Kier molecular flexibility index (Phi) is 7.47. The summed E-state index contributed by atoms with van der Waals surface area (Å²) in [5, 5.41) is -1.24. The summed E-state index contributed by atoms with van der Waals surface area (Å²) in [6.45, 7) is 0.661. The van der Waals surface area contributed by atoms with Gasteiger partial charge in [0, 0.05) is 11.8 Å². The number of nitrogens with zero attached hydrogens (tertiary/aromatic N) is 1. The molecule has 0 radical (unpaired) electrons. The topological polar surface area (TPSA) is 116 Å². The van der Waals surface area contributed by atoms with Gasteiger partial charge in [0.25, 0.3) is 0 Å². The Morgan fingerprint density at radius 1 is 1.30 bits per heavy atom. The molecular weight excluding hydrogens is 404 g/mol. The van der Waals surface area contributed by atoms with Crippen molar-refractivity contribution in [3.63, 3.8) is 0 Å². The maximum absolute atomic E-state index is 13.0. The SMILES string of the molecule is CC(=O)c1ccc(OCN2C=C(C(F)(F)F)C(S(=O)(=O)[O-])NC2=O)cc1.[Na+]. The first-order valence-electron chi connectivity index (χ1n) is 6.94. The van der Waals surface area contributed by atoms with Crippen LogP contribution in [-0.2, 0) is 10.1 Å². The Morgan fingerprint density at radius 2 is 1.85 bits per heavy atom. The van der Waals surface area contributed by atoms with Gasteiger partial charge in [-0.25, -0.2) is 13.2 Å². The Morgan fingerprint density at radius 3 is 2.30 bits per heavy atom. The van der Waals surface area contributed by atoms with Crippen LogP contribution < -0.4 is 39.6 Å². The molecule has 0 aromatic heterocycles. The minimum atomic E-state index is -5.46. The van der Waals surface area contributed by atoms with Gasteiger partial charge in [-0.2, -0.15) is 13.2 Å². The summed E-state index contributed by atoms with van der Waals surface area (Å²) in [5.41, 5.74) is -1.35. The van der Waals surface area contributed by atoms with E-state index in [0.29, 0.717) is 10.5 Å². The number of benzene rings is 1. The minimum Gasteiger partial charge on any atom is -0.746 e. The van der Waals surface area contributed by atoms with Crippen LogP contribution in [0.15, 0.2) is 36.0 Å². The number of hydrogen-bond acceptors (Lipinski definition) is 6. The van der Waals surface area contributed by atoms with Gasteiger partial charge in [0.15, 0.2) is 17.9 Å². The van der Waals surface area contributed by atoms with E-state index in [1.807, 2.05) is 0 Å². The van der Waals surface area contributed by atoms with E-state index in [1.54, 1.807) is 0 Å². The molecule has 0 fully saturated rings. The zero-order valence-electron chi connectivity index (χ0n) is 14.1. The quantitative estimate of drug-likeness (QED) is 0.358. The molecule has 1 aliphatic rings. The predicted molar refractivity (Wildman–Crippen MR) is 79.9 cm³/mol. The van der Waals surface area contributed by atoms with Gasteiger partial charge in [-0.1, -0.05) is 0 Å². The van der Waals surface area contributed by atoms with Gasteiger partial charge in [0.2, 0.25) is 0 Å². The number of carbonyl (C=O) groups is 2. The van der Waals surface area contributed by atoms with Crippen LogP contribution in [0.2, 0.25) is 0 Å². The van der Waals surface area contributed by atoms with Gasteiger partial charge in [0.05, 0.1) is 5.57 Å². The van der Waals surface area contributed by atoms with Crippen molar-refractivity contribution in [2.45, 2.75) is 18.5 Å². The van der Waals surface area contributed by atoms with E-state index in [4.69, 9.17) is 4.74 Å². The Labute approximate surface area is 174 Å². The third-order valence-corrected chi connectivity index (χ3v) is 4.29. The van der Waals surface area contributed by atoms with E-state index in [-0.39, 0.29) is 47.3 Å². The van der Waals surface area contributed by atoms with Crippen molar-refractivity contribution in [2.24, 2.45) is 0 Å². The molecule has 2 rings (SSSR count). The van der Waals surface area contributed by atoms with Crippen molar-refractivity contribution in [1.29, 1.82) is 0 Å². The molecular formula is C14H12F3N2NaO6S. The van der Waals surface area contributed by atoms with Gasteiger partial charge < -0.3 is 14.6 Å². The van der Waals surface area contributed by atoms with Crippen LogP contribution >= 0.6 is 0 Å². The van der Waals surface area contributed by atoms with E-state index in [9.17, 15) is 35.7 Å². The molecule has 0 bridgehead atoms.